The summed E-state index contributed by atoms with van der Waals surface area (Å²) >= 11 is 0. The standard InChI is InChI=1S/C18H22O10/c1-5-23-18(22)12-6-13(25-7-12)15-17(27-11(4)21)16(26-10(3)20)14(28-15)8-24-9(2)19/h6-7,14-17H,5,8H2,1-4H3/t14-,15+,16-,17+/m1/s1. The van der Waals surface area contributed by atoms with Crippen molar-refractivity contribution in [3.63, 3.8) is 0 Å². The van der Waals surface area contributed by atoms with Crippen LogP contribution in [0.5, 0.6) is 0 Å². The Morgan fingerprint density at radius 3 is 2.18 bits per heavy atom. The third kappa shape index (κ3) is 5.32. The molecule has 1 fully saturated rings. The third-order valence-electron chi connectivity index (χ3n) is 3.78. The van der Waals surface area contributed by atoms with Crippen molar-refractivity contribution < 1.29 is 47.3 Å². The SMILES string of the molecule is CCOC(=O)c1coc([C@@H]2O[C@H](COC(C)=O)[C@@H](OC(C)=O)[C@H]2OC(C)=O)c1. The fourth-order valence-electron chi connectivity index (χ4n) is 2.77. The maximum atomic E-state index is 11.8. The van der Waals surface area contributed by atoms with Crippen LogP contribution in [-0.2, 0) is 38.1 Å². The Morgan fingerprint density at radius 2 is 1.61 bits per heavy atom. The lowest BCUT2D eigenvalue weighted by molar-refractivity contribution is -0.165. The van der Waals surface area contributed by atoms with Crippen molar-refractivity contribution in [1.82, 2.24) is 0 Å². The maximum Gasteiger partial charge on any atom is 0.341 e. The summed E-state index contributed by atoms with van der Waals surface area (Å²) in [6.07, 6.45) is -2.82. The Kier molecular flexibility index (Phi) is 7.16. The van der Waals surface area contributed by atoms with Crippen LogP contribution in [0.25, 0.3) is 0 Å². The largest absolute Gasteiger partial charge is 0.465 e. The predicted octanol–water partition coefficient (Wildman–Crippen LogP) is 1.32. The Balaban J connectivity index is 2.31. The quantitative estimate of drug-likeness (QED) is 0.490. The molecule has 0 N–H and O–H groups in total. The van der Waals surface area contributed by atoms with Crippen molar-refractivity contribution in [2.24, 2.45) is 0 Å². The van der Waals surface area contributed by atoms with Gasteiger partial charge >= 0.3 is 23.9 Å². The zero-order chi connectivity index (χ0) is 20.8. The number of rotatable bonds is 7. The average molecular weight is 398 g/mol. The van der Waals surface area contributed by atoms with Crippen LogP contribution in [0.3, 0.4) is 0 Å². The molecule has 0 unspecified atom stereocenters. The van der Waals surface area contributed by atoms with Gasteiger partial charge in [-0.1, -0.05) is 0 Å². The van der Waals surface area contributed by atoms with Gasteiger partial charge in [-0.25, -0.2) is 4.79 Å². The van der Waals surface area contributed by atoms with E-state index >= 15 is 0 Å². The summed E-state index contributed by atoms with van der Waals surface area (Å²) in [5.74, 6) is -2.25. The highest BCUT2D eigenvalue weighted by atomic mass is 16.7. The molecule has 0 radical (unpaired) electrons. The molecule has 0 amide bonds. The van der Waals surface area contributed by atoms with E-state index in [9.17, 15) is 19.2 Å². The molecule has 2 rings (SSSR count). The molecule has 1 aliphatic rings. The minimum atomic E-state index is -1.07. The molecule has 10 nitrogen and oxygen atoms in total. The highest BCUT2D eigenvalue weighted by Crippen LogP contribution is 2.38. The Morgan fingerprint density at radius 1 is 0.964 bits per heavy atom. The Labute approximate surface area is 161 Å². The summed E-state index contributed by atoms with van der Waals surface area (Å²) in [5, 5.41) is 0. The topological polar surface area (TPSA) is 128 Å². The molecule has 0 bridgehead atoms. The van der Waals surface area contributed by atoms with Crippen molar-refractivity contribution in [3.05, 3.63) is 23.7 Å². The van der Waals surface area contributed by atoms with Gasteiger partial charge in [0, 0.05) is 20.8 Å². The van der Waals surface area contributed by atoms with E-state index in [1.54, 1.807) is 6.92 Å². The van der Waals surface area contributed by atoms with E-state index in [2.05, 4.69) is 0 Å². The molecule has 1 aromatic rings. The zero-order valence-electron chi connectivity index (χ0n) is 16.0. The number of esters is 4. The minimum Gasteiger partial charge on any atom is -0.465 e. The molecule has 1 saturated heterocycles. The first kappa shape index (κ1) is 21.4. The van der Waals surface area contributed by atoms with Crippen LogP contribution < -0.4 is 0 Å². The van der Waals surface area contributed by atoms with Crippen LogP contribution in [0.1, 0.15) is 49.9 Å². The lowest BCUT2D eigenvalue weighted by atomic mass is 10.1. The molecule has 0 spiro atoms. The van der Waals surface area contributed by atoms with E-state index in [1.165, 1.54) is 33.1 Å². The predicted molar refractivity (Wildman–Crippen MR) is 90.0 cm³/mol. The summed E-state index contributed by atoms with van der Waals surface area (Å²) in [6, 6.07) is 1.39. The Hall–Kier alpha value is -2.88. The van der Waals surface area contributed by atoms with Crippen LogP contribution >= 0.6 is 0 Å². The van der Waals surface area contributed by atoms with Gasteiger partial charge in [-0.15, -0.1) is 0 Å². The van der Waals surface area contributed by atoms with Gasteiger partial charge in [-0.3, -0.25) is 14.4 Å². The molecule has 28 heavy (non-hydrogen) atoms. The van der Waals surface area contributed by atoms with E-state index in [0.29, 0.717) is 0 Å². The van der Waals surface area contributed by atoms with Gasteiger partial charge in [0.25, 0.3) is 0 Å². The second-order valence-electron chi connectivity index (χ2n) is 6.00. The zero-order valence-corrected chi connectivity index (χ0v) is 16.0. The van der Waals surface area contributed by atoms with Crippen LogP contribution in [0.15, 0.2) is 16.7 Å². The van der Waals surface area contributed by atoms with E-state index in [4.69, 9.17) is 28.1 Å². The molecule has 154 valence electrons. The van der Waals surface area contributed by atoms with Crippen LogP contribution in [0.4, 0.5) is 0 Å². The van der Waals surface area contributed by atoms with Gasteiger partial charge in [0.2, 0.25) is 0 Å². The van der Waals surface area contributed by atoms with Crippen LogP contribution in [0.2, 0.25) is 0 Å². The van der Waals surface area contributed by atoms with Gasteiger partial charge in [-0.05, 0) is 13.0 Å². The van der Waals surface area contributed by atoms with Crippen molar-refractivity contribution >= 4 is 23.9 Å². The molecule has 1 aromatic heterocycles. The van der Waals surface area contributed by atoms with Gasteiger partial charge in [0.1, 0.15) is 24.7 Å². The number of hydrogen-bond donors (Lipinski definition) is 0. The number of carbonyl (C=O) groups excluding carboxylic acids is 4. The van der Waals surface area contributed by atoms with Crippen LogP contribution in [0, 0.1) is 0 Å². The van der Waals surface area contributed by atoms with Crippen LogP contribution in [-0.4, -0.2) is 55.4 Å². The van der Waals surface area contributed by atoms with E-state index in [-0.39, 0.29) is 24.5 Å². The fourth-order valence-corrected chi connectivity index (χ4v) is 2.77. The van der Waals surface area contributed by atoms with E-state index in [0.717, 1.165) is 0 Å². The Bertz CT molecular complexity index is 736. The number of carbonyl (C=O) groups is 4. The summed E-state index contributed by atoms with van der Waals surface area (Å²) in [4.78, 5) is 46.1. The van der Waals surface area contributed by atoms with Crippen molar-refractivity contribution in [2.75, 3.05) is 13.2 Å². The third-order valence-corrected chi connectivity index (χ3v) is 3.78. The van der Waals surface area contributed by atoms with Gasteiger partial charge in [0.15, 0.2) is 18.3 Å². The normalized spacial score (nSPS) is 23.7. The second kappa shape index (κ2) is 9.36. The fraction of sp³-hybridized carbons (Fsp3) is 0.556. The maximum absolute atomic E-state index is 11.8. The molecule has 10 heteroatoms. The van der Waals surface area contributed by atoms with Crippen molar-refractivity contribution in [3.8, 4) is 0 Å². The average Bonchev–Trinajstić information content (AvgIpc) is 3.19. The molecule has 0 aliphatic carbocycles. The first-order chi connectivity index (χ1) is 13.2. The summed E-state index contributed by atoms with van der Waals surface area (Å²) in [7, 11) is 0. The van der Waals surface area contributed by atoms with E-state index < -0.39 is 48.3 Å². The molecular formula is C18H22O10. The molecule has 2 heterocycles. The van der Waals surface area contributed by atoms with E-state index in [1.807, 2.05) is 0 Å². The summed E-state index contributed by atoms with van der Waals surface area (Å²) < 4.78 is 31.6. The smallest absolute Gasteiger partial charge is 0.341 e. The van der Waals surface area contributed by atoms with Gasteiger partial charge < -0.3 is 28.1 Å². The number of hydrogen-bond acceptors (Lipinski definition) is 10. The van der Waals surface area contributed by atoms with Crippen molar-refractivity contribution in [2.45, 2.75) is 52.1 Å². The molecule has 0 aromatic carbocycles. The lowest BCUT2D eigenvalue weighted by Crippen LogP contribution is -2.40. The molecule has 0 saturated carbocycles. The van der Waals surface area contributed by atoms with Gasteiger partial charge in [0.05, 0.1) is 12.2 Å². The summed E-state index contributed by atoms with van der Waals surface area (Å²) in [5.41, 5.74) is 0.148. The molecule has 4 atom stereocenters. The molecule has 1 aliphatic heterocycles. The molecular weight excluding hydrogens is 376 g/mol. The first-order valence-electron chi connectivity index (χ1n) is 8.61. The lowest BCUT2D eigenvalue weighted by Gasteiger charge is -2.22. The number of ether oxygens (including phenoxy) is 5. The van der Waals surface area contributed by atoms with Crippen molar-refractivity contribution in [1.29, 1.82) is 0 Å². The summed E-state index contributed by atoms with van der Waals surface area (Å²) in [6.45, 7) is 5.22. The first-order valence-corrected chi connectivity index (χ1v) is 8.61. The monoisotopic (exact) mass is 398 g/mol. The highest BCUT2D eigenvalue weighted by Gasteiger charge is 2.51. The minimum absolute atomic E-state index is 0.148. The highest BCUT2D eigenvalue weighted by molar-refractivity contribution is 5.89. The van der Waals surface area contributed by atoms with Gasteiger partial charge in [-0.2, -0.15) is 0 Å². The second-order valence-corrected chi connectivity index (χ2v) is 6.00. The number of furan rings is 1.